The minimum absolute atomic E-state index is 0.0840. The van der Waals surface area contributed by atoms with Crippen LogP contribution in [0.3, 0.4) is 0 Å². The van der Waals surface area contributed by atoms with Gasteiger partial charge in [-0.3, -0.25) is 0 Å². The second-order valence-electron chi connectivity index (χ2n) is 20.7. The van der Waals surface area contributed by atoms with Crippen molar-refractivity contribution in [1.29, 1.82) is 26.3 Å². The van der Waals surface area contributed by atoms with E-state index < -0.39 is 29.0 Å². The molecule has 0 radical (unpaired) electrons. The normalized spacial score (nSPS) is 11.5. The Labute approximate surface area is 487 Å². The molecule has 0 fully saturated rings. The summed E-state index contributed by atoms with van der Waals surface area (Å²) in [6, 6.07) is 74.6. The summed E-state index contributed by atoms with van der Waals surface area (Å²) >= 11 is 0. The third-order valence-corrected chi connectivity index (χ3v) is 15.7. The van der Waals surface area contributed by atoms with Gasteiger partial charge in [0.1, 0.15) is 0 Å². The summed E-state index contributed by atoms with van der Waals surface area (Å²) in [7, 11) is 0. The van der Waals surface area contributed by atoms with Crippen LogP contribution in [0, 0.1) is 56.7 Å². The van der Waals surface area contributed by atoms with Gasteiger partial charge < -0.3 is 9.13 Å². The molecule has 0 aliphatic rings. The van der Waals surface area contributed by atoms with Crippen LogP contribution in [-0.4, -0.2) is 9.13 Å². The van der Waals surface area contributed by atoms with Gasteiger partial charge in [0.25, 0.3) is 0 Å². The van der Waals surface area contributed by atoms with E-state index in [1.54, 1.807) is 91.0 Å². The Kier molecular flexibility index (Phi) is 12.9. The summed E-state index contributed by atoms with van der Waals surface area (Å²) in [5.41, 5.74) is 8.50. The molecule has 13 rings (SSSR count). The quantitative estimate of drug-likeness (QED) is 0.140. The van der Waals surface area contributed by atoms with Gasteiger partial charge in [-0.2, -0.15) is 52.7 Å². The van der Waals surface area contributed by atoms with Crippen molar-refractivity contribution >= 4 is 43.6 Å². The van der Waals surface area contributed by atoms with E-state index in [4.69, 9.17) is 0 Å². The molecule has 0 bridgehead atoms. The van der Waals surface area contributed by atoms with Crippen LogP contribution in [0.5, 0.6) is 0 Å². The van der Waals surface area contributed by atoms with E-state index in [-0.39, 0.29) is 28.3 Å². The summed E-state index contributed by atoms with van der Waals surface area (Å²) in [6.45, 7) is 0. The van der Waals surface area contributed by atoms with E-state index in [9.17, 15) is 39.5 Å². The zero-order chi connectivity index (χ0) is 59.6. The highest BCUT2D eigenvalue weighted by Crippen LogP contribution is 2.48. The molecule has 0 atom stereocenters. The molecule has 86 heavy (non-hydrogen) atoms. The van der Waals surface area contributed by atoms with Crippen LogP contribution >= 0.6 is 0 Å². The Morgan fingerprint density at radius 3 is 1.03 bits per heavy atom. The molecule has 0 saturated heterocycles. The third-order valence-electron chi connectivity index (χ3n) is 15.7. The number of benzene rings is 11. The Morgan fingerprint density at radius 2 is 0.663 bits per heavy atom. The minimum atomic E-state index is -5.24. The van der Waals surface area contributed by atoms with Crippen LogP contribution in [0.1, 0.15) is 38.9 Å². The summed E-state index contributed by atoms with van der Waals surface area (Å²) in [5.74, 6) is 0. The zero-order valence-corrected chi connectivity index (χ0v) is 44.8. The lowest BCUT2D eigenvalue weighted by atomic mass is 9.90. The van der Waals surface area contributed by atoms with Gasteiger partial charge in [-0.05, 0) is 189 Å². The molecule has 7 nitrogen and oxygen atoms in total. The molecule has 0 spiro atoms. The number of nitrogens with zero attached hydrogens (tertiary/aromatic N) is 7. The smallest absolute Gasteiger partial charge is 0.309 e. The number of alkyl halides is 6. The van der Waals surface area contributed by atoms with Crippen LogP contribution in [0.2, 0.25) is 0 Å². The second kappa shape index (κ2) is 20.8. The molecule has 0 N–H and O–H groups in total. The average Bonchev–Trinajstić information content (AvgIpc) is 1.70. The van der Waals surface area contributed by atoms with Gasteiger partial charge in [-0.15, -0.1) is 0 Å². The lowest BCUT2D eigenvalue weighted by Crippen LogP contribution is -2.12. The van der Waals surface area contributed by atoms with Crippen molar-refractivity contribution in [2.45, 2.75) is 12.4 Å². The number of halogens is 6. The lowest BCUT2D eigenvalue weighted by molar-refractivity contribution is -0.142. The van der Waals surface area contributed by atoms with Crippen LogP contribution in [0.4, 0.5) is 26.3 Å². The third kappa shape index (κ3) is 9.27. The van der Waals surface area contributed by atoms with Crippen molar-refractivity contribution in [3.05, 3.63) is 263 Å². The predicted molar refractivity (Wildman–Crippen MR) is 321 cm³/mol. The van der Waals surface area contributed by atoms with Gasteiger partial charge in [-0.25, -0.2) is 0 Å². The van der Waals surface area contributed by atoms with Crippen molar-refractivity contribution in [2.75, 3.05) is 0 Å². The van der Waals surface area contributed by atoms with Crippen molar-refractivity contribution < 1.29 is 26.3 Å². The van der Waals surface area contributed by atoms with Crippen molar-refractivity contribution in [2.24, 2.45) is 0 Å². The van der Waals surface area contributed by atoms with Crippen LogP contribution < -0.4 is 0 Å². The molecule has 0 unspecified atom stereocenters. The van der Waals surface area contributed by atoms with Crippen LogP contribution in [0.25, 0.3) is 122 Å². The van der Waals surface area contributed by atoms with Crippen molar-refractivity contribution in [1.82, 2.24) is 9.13 Å². The maximum atomic E-state index is 15.3. The molecule has 0 aliphatic heterocycles. The molecule has 2 heterocycles. The molecular formula is C73H37F6N7. The molecule has 0 saturated carbocycles. The van der Waals surface area contributed by atoms with E-state index in [0.29, 0.717) is 61.8 Å². The first-order valence-corrected chi connectivity index (χ1v) is 26.8. The molecule has 0 aliphatic carbocycles. The molecular weight excluding hydrogens is 1090 g/mol. The highest BCUT2D eigenvalue weighted by molar-refractivity contribution is 6.14. The molecule has 13 aromatic rings. The van der Waals surface area contributed by atoms with E-state index in [0.717, 1.165) is 72.1 Å². The summed E-state index contributed by atoms with van der Waals surface area (Å²) in [6.07, 6.45) is -10.3. The van der Waals surface area contributed by atoms with E-state index in [1.165, 1.54) is 12.1 Å². The predicted octanol–water partition coefficient (Wildman–Crippen LogP) is 19.3. The number of fused-ring (bicyclic) bond motifs is 6. The number of rotatable bonds is 8. The van der Waals surface area contributed by atoms with Crippen molar-refractivity contribution in [3.8, 4) is 108 Å². The SMILES string of the molecule is N#Cc1cccc(-c2ccc3c(c2)c2cc(-c4cccc(C#N)c4)ccc2n3-c2ccc(-c3ccc(C(F)(F)F)cc3C(F)(F)F)cc2-c2c(C#N)cccc2-n2c3ccc(-c4cccc(C#N)c4)cc3c3cc(-c4cccc(C#N)c4)ccc32)c1. The highest BCUT2D eigenvalue weighted by atomic mass is 19.4. The standard InChI is InChI=1S/C73H37F6N7/c74-72(75,76)57-21-22-58(64(37-57)73(77,78)79)55-20-27-69(85-65-23-16-51(47-10-1-6-43(28-47)38-80)32-59(65)60-33-52(17-24-66(60)85)48-11-2-7-44(29-48)39-81)63(36-55)71-56(42-84)14-5-15-70(71)86-67-25-18-53(49-12-3-8-45(30-49)40-82)34-61(67)62-35-54(19-26-68(62)86)50-13-4-9-46(31-50)41-83/h1-37H. The summed E-state index contributed by atoms with van der Waals surface area (Å²) < 4.78 is 92.7. The van der Waals surface area contributed by atoms with Gasteiger partial charge >= 0.3 is 12.4 Å². The fourth-order valence-electron chi connectivity index (χ4n) is 11.8. The Morgan fingerprint density at radius 1 is 0.291 bits per heavy atom. The van der Waals surface area contributed by atoms with E-state index >= 15 is 13.2 Å². The summed E-state index contributed by atoms with van der Waals surface area (Å²) in [5, 5.41) is 53.9. The first kappa shape index (κ1) is 53.4. The van der Waals surface area contributed by atoms with Crippen LogP contribution in [-0.2, 0) is 12.4 Å². The number of aromatic nitrogens is 2. The Balaban J connectivity index is 1.14. The number of nitriles is 5. The fraction of sp³-hybridized carbons (Fsp3) is 0.0274. The topological polar surface area (TPSA) is 129 Å². The van der Waals surface area contributed by atoms with Gasteiger partial charge in [0.15, 0.2) is 0 Å². The van der Waals surface area contributed by atoms with Crippen LogP contribution in [0.15, 0.2) is 224 Å². The number of hydrogen-bond acceptors (Lipinski definition) is 5. The Bertz CT molecular complexity index is 5010. The van der Waals surface area contributed by atoms with Gasteiger partial charge in [-0.1, -0.05) is 91.0 Å². The van der Waals surface area contributed by atoms with E-state index in [1.807, 2.05) is 112 Å². The summed E-state index contributed by atoms with van der Waals surface area (Å²) in [4.78, 5) is 0. The monoisotopic (exact) mass is 1130 g/mol. The van der Waals surface area contributed by atoms with Gasteiger partial charge in [0.05, 0.1) is 103 Å². The molecule has 13 heteroatoms. The van der Waals surface area contributed by atoms with Gasteiger partial charge in [0, 0.05) is 32.7 Å². The first-order valence-electron chi connectivity index (χ1n) is 26.8. The Hall–Kier alpha value is -12.0. The molecule has 0 amide bonds. The lowest BCUT2D eigenvalue weighted by Gasteiger charge is -2.22. The molecule has 406 valence electrons. The largest absolute Gasteiger partial charge is 0.417 e. The van der Waals surface area contributed by atoms with Gasteiger partial charge in [0.2, 0.25) is 0 Å². The second-order valence-corrected chi connectivity index (χ2v) is 20.7. The average molecular weight is 1130 g/mol. The zero-order valence-electron chi connectivity index (χ0n) is 44.8. The maximum absolute atomic E-state index is 15.3. The maximum Gasteiger partial charge on any atom is 0.417 e. The minimum Gasteiger partial charge on any atom is -0.309 e. The van der Waals surface area contributed by atoms with E-state index in [2.05, 4.69) is 30.3 Å². The molecule has 2 aromatic heterocycles. The highest BCUT2D eigenvalue weighted by Gasteiger charge is 2.39. The first-order chi connectivity index (χ1) is 41.6. The number of hydrogen-bond donors (Lipinski definition) is 0. The molecule has 11 aromatic carbocycles. The van der Waals surface area contributed by atoms with Crippen molar-refractivity contribution in [3.63, 3.8) is 0 Å². The fourth-order valence-corrected chi connectivity index (χ4v) is 11.8.